The average Bonchev–Trinajstić information content (AvgIpc) is 2.93. The van der Waals surface area contributed by atoms with E-state index in [9.17, 15) is 22.8 Å². The number of hydrogen-bond donors (Lipinski definition) is 3. The molecular weight excluding hydrogens is 521 g/mol. The van der Waals surface area contributed by atoms with E-state index in [2.05, 4.69) is 20.6 Å². The second-order valence-corrected chi connectivity index (χ2v) is 9.11. The van der Waals surface area contributed by atoms with Gasteiger partial charge in [-0.3, -0.25) is 9.69 Å². The third kappa shape index (κ3) is 7.13. The predicted molar refractivity (Wildman–Crippen MR) is 148 cm³/mol. The van der Waals surface area contributed by atoms with E-state index in [0.29, 0.717) is 34.9 Å². The molecule has 0 saturated carbocycles. The van der Waals surface area contributed by atoms with Gasteiger partial charge in [-0.2, -0.15) is 18.2 Å². The molecule has 0 unspecified atom stereocenters. The summed E-state index contributed by atoms with van der Waals surface area (Å²) in [7, 11) is 1.53. The Morgan fingerprint density at radius 3 is 2.38 bits per heavy atom. The van der Waals surface area contributed by atoms with E-state index in [1.54, 1.807) is 25.1 Å². The molecule has 0 aliphatic heterocycles. The molecule has 0 aliphatic carbocycles. The number of nitrogens with two attached hydrogens (primary N) is 1. The third-order valence-electron chi connectivity index (χ3n) is 6.13. The van der Waals surface area contributed by atoms with Gasteiger partial charge < -0.3 is 16.4 Å². The number of halogens is 3. The topological polar surface area (TPSA) is 113 Å². The number of nitrogens with zero attached hydrogens (tertiary/aromatic N) is 3. The van der Waals surface area contributed by atoms with Crippen molar-refractivity contribution in [3.8, 4) is 0 Å². The van der Waals surface area contributed by atoms with Crippen molar-refractivity contribution in [1.82, 2.24) is 9.97 Å². The Balaban J connectivity index is 1.45. The van der Waals surface area contributed by atoms with Crippen molar-refractivity contribution >= 4 is 35.1 Å². The normalized spacial score (nSPS) is 11.1. The minimum absolute atomic E-state index is 0.0377. The predicted octanol–water partition coefficient (Wildman–Crippen LogP) is 6.09. The summed E-state index contributed by atoms with van der Waals surface area (Å²) in [6, 6.07) is 20.0. The van der Waals surface area contributed by atoms with E-state index in [4.69, 9.17) is 5.73 Å². The second kappa shape index (κ2) is 11.9. The van der Waals surface area contributed by atoms with E-state index in [1.165, 1.54) is 30.1 Å². The summed E-state index contributed by atoms with van der Waals surface area (Å²) in [5.74, 6) is -0.376. The van der Waals surface area contributed by atoms with Crippen molar-refractivity contribution in [3.05, 3.63) is 107 Å². The van der Waals surface area contributed by atoms with Crippen molar-refractivity contribution in [2.24, 2.45) is 0 Å². The molecule has 0 saturated heterocycles. The number of rotatable bonds is 7. The van der Waals surface area contributed by atoms with Gasteiger partial charge in [0.1, 0.15) is 5.82 Å². The smallest absolute Gasteiger partial charge is 0.368 e. The number of hydrogen-bond acceptors (Lipinski definition) is 5. The summed E-state index contributed by atoms with van der Waals surface area (Å²) in [6.45, 7) is 1.76. The number of anilines is 4. The zero-order chi connectivity index (χ0) is 28.9. The van der Waals surface area contributed by atoms with Crippen LogP contribution in [-0.4, -0.2) is 29.0 Å². The molecular formula is C29H27F3N6O2. The monoisotopic (exact) mass is 548 g/mol. The van der Waals surface area contributed by atoms with Crippen LogP contribution in [0.2, 0.25) is 0 Å². The van der Waals surface area contributed by atoms with Crippen molar-refractivity contribution in [2.75, 3.05) is 28.3 Å². The zero-order valence-corrected chi connectivity index (χ0v) is 21.8. The van der Waals surface area contributed by atoms with Gasteiger partial charge in [0.2, 0.25) is 5.95 Å². The zero-order valence-electron chi connectivity index (χ0n) is 21.8. The highest BCUT2D eigenvalue weighted by molar-refractivity contribution is 6.05. The second-order valence-electron chi connectivity index (χ2n) is 9.11. The van der Waals surface area contributed by atoms with Gasteiger partial charge in [-0.25, -0.2) is 9.78 Å². The van der Waals surface area contributed by atoms with Gasteiger partial charge in [0.25, 0.3) is 5.91 Å². The first kappa shape index (κ1) is 28.1. The van der Waals surface area contributed by atoms with Gasteiger partial charge in [0.05, 0.1) is 5.56 Å². The van der Waals surface area contributed by atoms with Crippen molar-refractivity contribution in [1.29, 1.82) is 0 Å². The third-order valence-corrected chi connectivity index (χ3v) is 6.13. The van der Waals surface area contributed by atoms with Crippen LogP contribution in [-0.2, 0) is 19.0 Å². The number of nitrogens with one attached hydrogen (secondary N) is 2. The maximum Gasteiger partial charge on any atom is 0.416 e. The Bertz CT molecular complexity index is 1530. The van der Waals surface area contributed by atoms with Crippen LogP contribution in [0.1, 0.15) is 32.7 Å². The number of aryl methyl sites for hydroxylation is 3. The SMILES string of the molecule is Cc1ccc(NC(=O)c2cccc(C(F)(F)F)c2)cc1NC(=O)N(C)c1cc(CCc2ccccc2)nc(N)n1. The van der Waals surface area contributed by atoms with Crippen molar-refractivity contribution in [3.63, 3.8) is 0 Å². The van der Waals surface area contributed by atoms with Crippen LogP contribution in [0.4, 0.5) is 41.1 Å². The molecule has 3 aromatic carbocycles. The lowest BCUT2D eigenvalue weighted by Gasteiger charge is -2.19. The minimum atomic E-state index is -4.57. The number of carbonyl (C=O) groups excluding carboxylic acids is 2. The van der Waals surface area contributed by atoms with Gasteiger partial charge in [-0.1, -0.05) is 42.5 Å². The molecule has 0 spiro atoms. The molecule has 4 rings (SSSR count). The molecule has 0 radical (unpaired) electrons. The van der Waals surface area contributed by atoms with Gasteiger partial charge in [-0.05, 0) is 61.2 Å². The van der Waals surface area contributed by atoms with Crippen LogP contribution in [0.5, 0.6) is 0 Å². The summed E-state index contributed by atoms with van der Waals surface area (Å²) < 4.78 is 39.1. The molecule has 1 heterocycles. The number of benzene rings is 3. The van der Waals surface area contributed by atoms with E-state index in [-0.39, 0.29) is 11.5 Å². The lowest BCUT2D eigenvalue weighted by atomic mass is 10.1. The van der Waals surface area contributed by atoms with Crippen LogP contribution in [0, 0.1) is 6.92 Å². The fourth-order valence-corrected chi connectivity index (χ4v) is 3.90. The first-order valence-electron chi connectivity index (χ1n) is 12.3. The standard InChI is InChI=1S/C29H27F3N6O2/c1-18-11-13-22(34-26(39)20-9-6-10-21(15-20)29(30,31)32)16-24(18)36-28(40)38(2)25-17-23(35-27(33)37-25)14-12-19-7-4-3-5-8-19/h3-11,13,15-17H,12,14H2,1-2H3,(H,34,39)(H,36,40)(H2,33,35,37). The van der Waals surface area contributed by atoms with Gasteiger partial charge in [0.15, 0.2) is 0 Å². The molecule has 4 N–H and O–H groups in total. The Labute approximate surface area is 229 Å². The Hall–Kier alpha value is -4.93. The minimum Gasteiger partial charge on any atom is -0.368 e. The number of urea groups is 1. The van der Waals surface area contributed by atoms with Crippen LogP contribution >= 0.6 is 0 Å². The van der Waals surface area contributed by atoms with Crippen LogP contribution < -0.4 is 21.3 Å². The van der Waals surface area contributed by atoms with Gasteiger partial charge in [0, 0.05) is 35.7 Å². The number of carbonyl (C=O) groups is 2. The molecule has 206 valence electrons. The molecule has 1 aromatic heterocycles. The molecule has 11 heteroatoms. The lowest BCUT2D eigenvalue weighted by Crippen LogP contribution is -2.32. The van der Waals surface area contributed by atoms with Crippen molar-refractivity contribution in [2.45, 2.75) is 25.9 Å². The molecule has 4 aromatic rings. The van der Waals surface area contributed by atoms with Crippen LogP contribution in [0.3, 0.4) is 0 Å². The summed E-state index contributed by atoms with van der Waals surface area (Å²) in [5, 5.41) is 5.35. The van der Waals surface area contributed by atoms with Crippen LogP contribution in [0.15, 0.2) is 78.9 Å². The summed E-state index contributed by atoms with van der Waals surface area (Å²) in [4.78, 5) is 35.4. The fraction of sp³-hybridized carbons (Fsp3) is 0.172. The maximum absolute atomic E-state index is 13.1. The summed E-state index contributed by atoms with van der Waals surface area (Å²) in [6.07, 6.45) is -3.22. The first-order chi connectivity index (χ1) is 19.0. The molecule has 0 bridgehead atoms. The summed E-state index contributed by atoms with van der Waals surface area (Å²) in [5.41, 5.74) is 8.04. The number of nitrogen functional groups attached to an aromatic ring is 1. The van der Waals surface area contributed by atoms with E-state index in [1.807, 2.05) is 30.3 Å². The molecule has 8 nitrogen and oxygen atoms in total. The number of aromatic nitrogens is 2. The average molecular weight is 549 g/mol. The Kier molecular flexibility index (Phi) is 8.32. The first-order valence-corrected chi connectivity index (χ1v) is 12.3. The highest BCUT2D eigenvalue weighted by atomic mass is 19.4. The molecule has 3 amide bonds. The van der Waals surface area contributed by atoms with E-state index in [0.717, 1.165) is 24.1 Å². The quantitative estimate of drug-likeness (QED) is 0.259. The molecule has 0 fully saturated rings. The molecule has 0 atom stereocenters. The largest absolute Gasteiger partial charge is 0.416 e. The van der Waals surface area contributed by atoms with Gasteiger partial charge in [-0.15, -0.1) is 0 Å². The fourth-order valence-electron chi connectivity index (χ4n) is 3.90. The van der Waals surface area contributed by atoms with Crippen LogP contribution in [0.25, 0.3) is 0 Å². The van der Waals surface area contributed by atoms with Gasteiger partial charge >= 0.3 is 12.2 Å². The lowest BCUT2D eigenvalue weighted by molar-refractivity contribution is -0.137. The Morgan fingerprint density at radius 2 is 1.65 bits per heavy atom. The maximum atomic E-state index is 13.1. The van der Waals surface area contributed by atoms with E-state index >= 15 is 0 Å². The molecule has 0 aliphatic rings. The number of amides is 3. The van der Waals surface area contributed by atoms with Crippen molar-refractivity contribution < 1.29 is 22.8 Å². The van der Waals surface area contributed by atoms with E-state index < -0.39 is 23.7 Å². The molecule has 40 heavy (non-hydrogen) atoms. The Morgan fingerprint density at radius 1 is 0.900 bits per heavy atom. The summed E-state index contributed by atoms with van der Waals surface area (Å²) >= 11 is 0. The highest BCUT2D eigenvalue weighted by Gasteiger charge is 2.31. The number of alkyl halides is 3. The highest BCUT2D eigenvalue weighted by Crippen LogP contribution is 2.30.